The third-order valence-corrected chi connectivity index (χ3v) is 7.11. The molecule has 1 fully saturated rings. The molecule has 1 amide bonds. The second-order valence-electron chi connectivity index (χ2n) is 10.5. The number of nitrogens with zero attached hydrogens (tertiary/aromatic N) is 2. The van der Waals surface area contributed by atoms with Gasteiger partial charge < -0.3 is 15.3 Å². The number of hydrogen-bond acceptors (Lipinski definition) is 4. The topological polar surface area (TPSA) is 82.0 Å². The first-order valence-corrected chi connectivity index (χ1v) is 12.3. The number of benzene rings is 1. The maximum atomic E-state index is 12.8. The van der Waals surface area contributed by atoms with E-state index in [9.17, 15) is 9.59 Å². The van der Waals surface area contributed by atoms with Crippen molar-refractivity contribution in [3.63, 3.8) is 0 Å². The van der Waals surface area contributed by atoms with Gasteiger partial charge in [0.1, 0.15) is 5.84 Å². The fraction of sp³-hybridized carbons (Fsp3) is 0.464. The van der Waals surface area contributed by atoms with Crippen molar-refractivity contribution in [2.45, 2.75) is 64.7 Å². The average Bonchev–Trinajstić information content (AvgIpc) is 2.84. The van der Waals surface area contributed by atoms with Gasteiger partial charge in [-0.2, -0.15) is 0 Å². The Morgan fingerprint density at radius 1 is 1.03 bits per heavy atom. The normalized spacial score (nSPS) is 19.6. The molecule has 0 atom stereocenters. The van der Waals surface area contributed by atoms with Crippen molar-refractivity contribution in [1.82, 2.24) is 4.90 Å². The van der Waals surface area contributed by atoms with Gasteiger partial charge in [-0.3, -0.25) is 4.79 Å². The van der Waals surface area contributed by atoms with Crippen LogP contribution in [0.3, 0.4) is 0 Å². The monoisotopic (exact) mass is 461 g/mol. The van der Waals surface area contributed by atoms with Crippen LogP contribution in [0.2, 0.25) is 0 Å². The molecule has 0 radical (unpaired) electrons. The van der Waals surface area contributed by atoms with Gasteiger partial charge in [0.25, 0.3) is 5.91 Å². The summed E-state index contributed by atoms with van der Waals surface area (Å²) < 4.78 is 0. The summed E-state index contributed by atoms with van der Waals surface area (Å²) in [6.45, 7) is 8.40. The predicted octanol–water partition coefficient (Wildman–Crippen LogP) is 5.44. The summed E-state index contributed by atoms with van der Waals surface area (Å²) in [4.78, 5) is 30.6. The molecule has 0 spiro atoms. The van der Waals surface area contributed by atoms with Crippen molar-refractivity contribution in [3.8, 4) is 0 Å². The van der Waals surface area contributed by atoms with Crippen LogP contribution in [0.5, 0.6) is 0 Å². The summed E-state index contributed by atoms with van der Waals surface area (Å²) in [5.74, 6) is 0.663. The molecule has 34 heavy (non-hydrogen) atoms. The lowest BCUT2D eigenvalue weighted by Crippen LogP contribution is -2.39. The molecule has 1 aliphatic carbocycles. The zero-order valence-electron chi connectivity index (χ0n) is 20.4. The van der Waals surface area contributed by atoms with E-state index in [1.54, 1.807) is 0 Å². The first-order valence-electron chi connectivity index (χ1n) is 12.3. The number of piperidine rings is 1. The molecule has 6 heteroatoms. The minimum absolute atomic E-state index is 0.0136. The summed E-state index contributed by atoms with van der Waals surface area (Å²) in [7, 11) is 0. The number of carboxylic acids is 1. The summed E-state index contributed by atoms with van der Waals surface area (Å²) >= 11 is 0. The average molecular weight is 462 g/mol. The summed E-state index contributed by atoms with van der Waals surface area (Å²) in [6.07, 6.45) is 10.7. The highest BCUT2D eigenvalue weighted by atomic mass is 16.4. The summed E-state index contributed by atoms with van der Waals surface area (Å²) in [5, 5.41) is 12.2. The molecule has 0 bridgehead atoms. The van der Waals surface area contributed by atoms with Crippen molar-refractivity contribution in [2.24, 2.45) is 10.9 Å². The second-order valence-corrected chi connectivity index (χ2v) is 10.5. The largest absolute Gasteiger partial charge is 0.478 e. The van der Waals surface area contributed by atoms with Crippen molar-refractivity contribution < 1.29 is 14.7 Å². The van der Waals surface area contributed by atoms with Crippen LogP contribution in [0.15, 0.2) is 64.3 Å². The Kier molecular flexibility index (Phi) is 7.05. The first-order chi connectivity index (χ1) is 16.2. The summed E-state index contributed by atoms with van der Waals surface area (Å²) in [6, 6.07) is 8.10. The number of nitrogens with one attached hydrogen (secondary N) is 1. The standard InChI is InChI=1S/C28H35N3O3/c1-28(2,3)23-5-4-6-24(17-23)30-26(32)21-9-7-19(8-10-21)20-13-15-31(16-14-20)25-12-11-22(18-29-25)27(33)34/h4-7,9,17-18,20H,8,10-16H2,1-3H3,(H,30,32)(H,33,34). The van der Waals surface area contributed by atoms with Gasteiger partial charge in [0.2, 0.25) is 0 Å². The van der Waals surface area contributed by atoms with Crippen LogP contribution in [0.4, 0.5) is 5.69 Å². The van der Waals surface area contributed by atoms with Gasteiger partial charge in [-0.25, -0.2) is 9.79 Å². The fourth-order valence-corrected chi connectivity index (χ4v) is 4.90. The SMILES string of the molecule is CC(C)(C)c1cccc(NC(=O)C2=CC=C(C3CCN(C4=NC=C(C(=O)O)CC4)CC3)CC2)c1. The fourth-order valence-electron chi connectivity index (χ4n) is 4.90. The first kappa shape index (κ1) is 24.0. The molecule has 2 N–H and O–H groups in total. The Morgan fingerprint density at radius 3 is 2.35 bits per heavy atom. The van der Waals surface area contributed by atoms with Crippen LogP contribution < -0.4 is 5.32 Å². The quantitative estimate of drug-likeness (QED) is 0.625. The Bertz CT molecular complexity index is 1080. The Hall–Kier alpha value is -3.15. The van der Waals surface area contributed by atoms with Crippen LogP contribution >= 0.6 is 0 Å². The van der Waals surface area contributed by atoms with Gasteiger partial charge in [0, 0.05) is 37.0 Å². The van der Waals surface area contributed by atoms with Gasteiger partial charge in [-0.05, 0) is 61.1 Å². The maximum Gasteiger partial charge on any atom is 0.333 e. The minimum Gasteiger partial charge on any atom is -0.478 e. The van der Waals surface area contributed by atoms with E-state index in [0.29, 0.717) is 24.3 Å². The highest BCUT2D eigenvalue weighted by Gasteiger charge is 2.27. The van der Waals surface area contributed by atoms with Gasteiger partial charge in [0.15, 0.2) is 0 Å². The molecule has 1 aromatic carbocycles. The number of aliphatic imine (C=N–C) groups is 1. The third kappa shape index (κ3) is 5.66. The van der Waals surface area contributed by atoms with Crippen molar-refractivity contribution in [1.29, 1.82) is 0 Å². The van der Waals surface area contributed by atoms with Crippen LogP contribution in [-0.4, -0.2) is 40.8 Å². The smallest absolute Gasteiger partial charge is 0.333 e. The lowest BCUT2D eigenvalue weighted by Gasteiger charge is -2.36. The number of amides is 1. The number of likely N-dealkylation sites (tertiary alicyclic amines) is 1. The Morgan fingerprint density at radius 2 is 1.76 bits per heavy atom. The molecule has 6 nitrogen and oxygen atoms in total. The van der Waals surface area contributed by atoms with Gasteiger partial charge >= 0.3 is 5.97 Å². The van der Waals surface area contributed by atoms with E-state index in [0.717, 1.165) is 55.9 Å². The molecule has 0 saturated carbocycles. The van der Waals surface area contributed by atoms with E-state index >= 15 is 0 Å². The van der Waals surface area contributed by atoms with Crippen molar-refractivity contribution >= 4 is 23.4 Å². The molecular weight excluding hydrogens is 426 g/mol. The van der Waals surface area contributed by atoms with Gasteiger partial charge in [-0.15, -0.1) is 0 Å². The third-order valence-electron chi connectivity index (χ3n) is 7.11. The zero-order valence-corrected chi connectivity index (χ0v) is 20.4. The van der Waals surface area contributed by atoms with Crippen molar-refractivity contribution in [3.05, 3.63) is 64.9 Å². The maximum absolute atomic E-state index is 12.8. The molecule has 2 heterocycles. The zero-order chi connectivity index (χ0) is 24.3. The number of anilines is 1. The molecule has 1 aromatic rings. The van der Waals surface area contributed by atoms with E-state index < -0.39 is 5.97 Å². The molecule has 0 aromatic heterocycles. The van der Waals surface area contributed by atoms with Crippen LogP contribution in [0.25, 0.3) is 0 Å². The van der Waals surface area contributed by atoms with E-state index in [2.05, 4.69) is 54.2 Å². The molecule has 1 saturated heterocycles. The highest BCUT2D eigenvalue weighted by Crippen LogP contribution is 2.33. The Balaban J connectivity index is 1.32. The lowest BCUT2D eigenvalue weighted by atomic mass is 9.83. The number of carbonyl (C=O) groups excluding carboxylic acids is 1. The van der Waals surface area contributed by atoms with E-state index in [4.69, 9.17) is 5.11 Å². The number of carboxylic acid groups (broad SMARTS) is 1. The van der Waals surface area contributed by atoms with Crippen LogP contribution in [0.1, 0.15) is 64.9 Å². The number of aliphatic carboxylic acids is 1. The van der Waals surface area contributed by atoms with Crippen LogP contribution in [0, 0.1) is 5.92 Å². The Labute approximate surface area is 202 Å². The second kappa shape index (κ2) is 10.00. The van der Waals surface area contributed by atoms with E-state index in [1.807, 2.05) is 18.2 Å². The highest BCUT2D eigenvalue weighted by molar-refractivity contribution is 6.04. The van der Waals surface area contributed by atoms with Crippen molar-refractivity contribution in [2.75, 3.05) is 18.4 Å². The predicted molar refractivity (Wildman–Crippen MR) is 136 cm³/mol. The number of rotatable bonds is 4. The van der Waals surface area contributed by atoms with Gasteiger partial charge in [0.05, 0.1) is 5.57 Å². The van der Waals surface area contributed by atoms with Gasteiger partial charge in [-0.1, -0.05) is 50.6 Å². The summed E-state index contributed by atoms with van der Waals surface area (Å²) in [5.41, 5.74) is 4.74. The number of amidine groups is 1. The molecule has 2 aliphatic heterocycles. The molecule has 180 valence electrons. The van der Waals surface area contributed by atoms with Crippen LogP contribution in [-0.2, 0) is 15.0 Å². The van der Waals surface area contributed by atoms with E-state index in [-0.39, 0.29) is 11.3 Å². The molecular formula is C28H35N3O3. The van der Waals surface area contributed by atoms with E-state index in [1.165, 1.54) is 17.3 Å². The number of allylic oxidation sites excluding steroid dienone is 3. The number of carbonyl (C=O) groups is 2. The molecule has 4 rings (SSSR count). The molecule has 3 aliphatic rings. The minimum atomic E-state index is -0.870. The number of hydrogen-bond donors (Lipinski definition) is 2. The molecule has 0 unspecified atom stereocenters. The lowest BCUT2D eigenvalue weighted by molar-refractivity contribution is -0.132.